The van der Waals surface area contributed by atoms with Crippen LogP contribution >= 0.6 is 11.3 Å². The molecule has 0 spiro atoms. The standard InChI is InChI=1S/C18H14FN5OS/c19-12-6-22-16-11(5-13(24-16)10-1-3-20-4-2-10)15(12)14-7-23-17(26-14)18(25)8-21-9-18/h1-7,21,25H,8-9H2,(H,22,24). The van der Waals surface area contributed by atoms with E-state index < -0.39 is 11.4 Å². The molecule has 4 aromatic rings. The zero-order chi connectivity index (χ0) is 17.7. The zero-order valence-corrected chi connectivity index (χ0v) is 14.3. The van der Waals surface area contributed by atoms with Crippen molar-refractivity contribution in [2.45, 2.75) is 5.60 Å². The summed E-state index contributed by atoms with van der Waals surface area (Å²) in [6.45, 7) is 0.926. The van der Waals surface area contributed by atoms with Crippen LogP contribution in [0.25, 0.3) is 32.7 Å². The van der Waals surface area contributed by atoms with Gasteiger partial charge in [0.2, 0.25) is 0 Å². The van der Waals surface area contributed by atoms with Crippen molar-refractivity contribution in [3.05, 3.63) is 53.8 Å². The molecule has 0 saturated carbocycles. The number of aliphatic hydroxyl groups is 1. The third kappa shape index (κ3) is 2.34. The molecule has 0 aromatic carbocycles. The largest absolute Gasteiger partial charge is 0.380 e. The molecule has 1 aliphatic rings. The van der Waals surface area contributed by atoms with Crippen molar-refractivity contribution in [1.29, 1.82) is 0 Å². The maximum atomic E-state index is 14.6. The number of nitrogens with zero attached hydrogens (tertiary/aromatic N) is 3. The smallest absolute Gasteiger partial charge is 0.150 e. The Balaban J connectivity index is 1.65. The van der Waals surface area contributed by atoms with Crippen LogP contribution in [0.2, 0.25) is 0 Å². The van der Waals surface area contributed by atoms with Crippen LogP contribution in [0.3, 0.4) is 0 Å². The van der Waals surface area contributed by atoms with Gasteiger partial charge in [-0.25, -0.2) is 14.4 Å². The van der Waals surface area contributed by atoms with Crippen LogP contribution in [-0.2, 0) is 5.60 Å². The van der Waals surface area contributed by atoms with Crippen LogP contribution in [0.4, 0.5) is 4.39 Å². The fourth-order valence-corrected chi connectivity index (χ4v) is 4.17. The Morgan fingerprint density at radius 3 is 2.69 bits per heavy atom. The van der Waals surface area contributed by atoms with Crippen molar-refractivity contribution in [3.8, 4) is 21.7 Å². The summed E-state index contributed by atoms with van der Waals surface area (Å²) >= 11 is 1.31. The summed E-state index contributed by atoms with van der Waals surface area (Å²) in [7, 11) is 0. The normalized spacial score (nSPS) is 15.9. The van der Waals surface area contributed by atoms with Crippen LogP contribution in [0.15, 0.2) is 43.0 Å². The zero-order valence-electron chi connectivity index (χ0n) is 13.5. The molecule has 0 atom stereocenters. The fraction of sp³-hybridized carbons (Fsp3) is 0.167. The number of aromatic nitrogens is 4. The Bertz CT molecular complexity index is 1100. The Hall–Kier alpha value is -2.68. The first kappa shape index (κ1) is 15.6. The first-order chi connectivity index (χ1) is 12.6. The number of hydrogen-bond donors (Lipinski definition) is 3. The van der Waals surface area contributed by atoms with Crippen LogP contribution in [-0.4, -0.2) is 38.1 Å². The first-order valence-corrected chi connectivity index (χ1v) is 8.93. The Kier molecular flexibility index (Phi) is 3.39. The van der Waals surface area contributed by atoms with Crippen LogP contribution in [0.1, 0.15) is 5.01 Å². The average Bonchev–Trinajstić information content (AvgIpc) is 3.28. The molecule has 0 unspecified atom stereocenters. The highest BCUT2D eigenvalue weighted by molar-refractivity contribution is 7.15. The molecule has 3 N–H and O–H groups in total. The van der Waals surface area contributed by atoms with E-state index in [1.807, 2.05) is 18.2 Å². The Labute approximate surface area is 151 Å². The summed E-state index contributed by atoms with van der Waals surface area (Å²) in [5.41, 5.74) is 1.89. The number of halogens is 1. The lowest BCUT2D eigenvalue weighted by atomic mass is 9.99. The second-order valence-corrected chi connectivity index (χ2v) is 7.36. The van der Waals surface area contributed by atoms with E-state index >= 15 is 0 Å². The summed E-state index contributed by atoms with van der Waals surface area (Å²) in [5.74, 6) is -0.410. The number of nitrogens with one attached hydrogen (secondary N) is 2. The van der Waals surface area contributed by atoms with Crippen molar-refractivity contribution in [3.63, 3.8) is 0 Å². The Morgan fingerprint density at radius 1 is 1.15 bits per heavy atom. The highest BCUT2D eigenvalue weighted by Crippen LogP contribution is 2.39. The molecule has 5 heterocycles. The predicted molar refractivity (Wildman–Crippen MR) is 97.2 cm³/mol. The summed E-state index contributed by atoms with van der Waals surface area (Å²) in [4.78, 5) is 16.4. The SMILES string of the molecule is OC1(c2ncc(-c3c(F)cnc4[nH]c(-c5ccncc5)cc34)s2)CNC1. The lowest BCUT2D eigenvalue weighted by molar-refractivity contribution is -0.0148. The molecule has 8 heteroatoms. The number of β-amino-alcohol motifs (C(OH)–C–C–N with tert-alkyl or cyclic N) is 1. The van der Waals surface area contributed by atoms with Gasteiger partial charge >= 0.3 is 0 Å². The average molecular weight is 367 g/mol. The molecule has 1 aliphatic heterocycles. The number of fused-ring (bicyclic) bond motifs is 1. The van der Waals surface area contributed by atoms with Gasteiger partial charge in [-0.15, -0.1) is 11.3 Å². The fourth-order valence-electron chi connectivity index (χ4n) is 3.11. The lowest BCUT2D eigenvalue weighted by Crippen LogP contribution is -2.56. The van der Waals surface area contributed by atoms with Gasteiger partial charge in [0.15, 0.2) is 5.82 Å². The van der Waals surface area contributed by atoms with Gasteiger partial charge in [-0.05, 0) is 18.2 Å². The van der Waals surface area contributed by atoms with E-state index in [0.717, 1.165) is 11.3 Å². The first-order valence-electron chi connectivity index (χ1n) is 8.11. The monoisotopic (exact) mass is 367 g/mol. The van der Waals surface area contributed by atoms with E-state index in [4.69, 9.17) is 0 Å². The van der Waals surface area contributed by atoms with Gasteiger partial charge in [-0.2, -0.15) is 0 Å². The van der Waals surface area contributed by atoms with Gasteiger partial charge in [0, 0.05) is 53.9 Å². The van der Waals surface area contributed by atoms with Gasteiger partial charge in [-0.3, -0.25) is 4.98 Å². The van der Waals surface area contributed by atoms with Gasteiger partial charge in [-0.1, -0.05) is 0 Å². The van der Waals surface area contributed by atoms with Crippen LogP contribution in [0.5, 0.6) is 0 Å². The maximum Gasteiger partial charge on any atom is 0.150 e. The molecular formula is C18H14FN5OS. The number of thiazole rings is 1. The minimum atomic E-state index is -0.952. The summed E-state index contributed by atoms with van der Waals surface area (Å²) in [5, 5.41) is 14.8. The minimum Gasteiger partial charge on any atom is -0.380 e. The van der Waals surface area contributed by atoms with Crippen LogP contribution < -0.4 is 5.32 Å². The molecule has 0 aliphatic carbocycles. The van der Waals surface area contributed by atoms with E-state index in [9.17, 15) is 9.50 Å². The van der Waals surface area contributed by atoms with Gasteiger partial charge in [0.05, 0.1) is 11.1 Å². The third-order valence-electron chi connectivity index (χ3n) is 4.59. The molecule has 6 nitrogen and oxygen atoms in total. The van der Waals surface area contributed by atoms with Gasteiger partial charge < -0.3 is 15.4 Å². The van der Waals surface area contributed by atoms with Gasteiger partial charge in [0.1, 0.15) is 16.3 Å². The summed E-state index contributed by atoms with van der Waals surface area (Å²) in [6, 6.07) is 5.64. The molecule has 0 amide bonds. The summed E-state index contributed by atoms with van der Waals surface area (Å²) < 4.78 is 14.6. The topological polar surface area (TPSA) is 86.7 Å². The van der Waals surface area contributed by atoms with E-state index in [0.29, 0.717) is 39.6 Å². The molecule has 0 bridgehead atoms. The van der Waals surface area contributed by atoms with E-state index in [1.54, 1.807) is 18.6 Å². The van der Waals surface area contributed by atoms with E-state index in [-0.39, 0.29) is 0 Å². The highest BCUT2D eigenvalue weighted by Gasteiger charge is 2.39. The van der Waals surface area contributed by atoms with E-state index in [1.165, 1.54) is 17.5 Å². The van der Waals surface area contributed by atoms with Crippen molar-refractivity contribution in [2.24, 2.45) is 0 Å². The molecular weight excluding hydrogens is 353 g/mol. The second kappa shape index (κ2) is 5.66. The second-order valence-electron chi connectivity index (χ2n) is 6.33. The van der Waals surface area contributed by atoms with Crippen molar-refractivity contribution in [2.75, 3.05) is 13.1 Å². The summed E-state index contributed by atoms with van der Waals surface area (Å²) in [6.07, 6.45) is 6.24. The van der Waals surface area contributed by atoms with Crippen molar-refractivity contribution in [1.82, 2.24) is 25.3 Å². The maximum absolute atomic E-state index is 14.6. The lowest BCUT2D eigenvalue weighted by Gasteiger charge is -2.35. The van der Waals surface area contributed by atoms with Crippen LogP contribution in [0, 0.1) is 5.82 Å². The minimum absolute atomic E-state index is 0.410. The number of aromatic amines is 1. The quantitative estimate of drug-likeness (QED) is 0.518. The molecule has 5 rings (SSSR count). The molecule has 0 radical (unpaired) electrons. The van der Waals surface area contributed by atoms with Crippen molar-refractivity contribution < 1.29 is 9.50 Å². The molecule has 26 heavy (non-hydrogen) atoms. The van der Waals surface area contributed by atoms with Crippen molar-refractivity contribution >= 4 is 22.4 Å². The Morgan fingerprint density at radius 2 is 1.96 bits per heavy atom. The van der Waals surface area contributed by atoms with E-state index in [2.05, 4.69) is 25.3 Å². The third-order valence-corrected chi connectivity index (χ3v) is 5.80. The molecule has 4 aromatic heterocycles. The molecule has 1 saturated heterocycles. The molecule has 1 fully saturated rings. The number of rotatable bonds is 3. The number of H-pyrrole nitrogens is 1. The highest BCUT2D eigenvalue weighted by atomic mass is 32.1. The number of pyridine rings is 2. The molecule has 130 valence electrons. The number of hydrogen-bond acceptors (Lipinski definition) is 6. The predicted octanol–water partition coefficient (Wildman–Crippen LogP) is 2.68. The van der Waals surface area contributed by atoms with Gasteiger partial charge in [0.25, 0.3) is 0 Å².